The third-order valence-corrected chi connectivity index (χ3v) is 5.88. The lowest BCUT2D eigenvalue weighted by Crippen LogP contribution is -2.17. The molecule has 0 saturated carbocycles. The van der Waals surface area contributed by atoms with Crippen LogP contribution in [0.1, 0.15) is 46.0 Å². The number of esters is 2. The largest absolute Gasteiger partial charge is 0.462 e. The highest BCUT2D eigenvalue weighted by Gasteiger charge is 2.32. The molecule has 0 aliphatic heterocycles. The van der Waals surface area contributed by atoms with Gasteiger partial charge in [0, 0.05) is 23.4 Å². The van der Waals surface area contributed by atoms with Gasteiger partial charge in [0.25, 0.3) is 5.69 Å². The average molecular weight is 515 g/mol. The third kappa shape index (κ3) is 4.88. The van der Waals surface area contributed by atoms with Crippen molar-refractivity contribution < 1.29 is 24.0 Å². The molecule has 0 N–H and O–H groups in total. The van der Waals surface area contributed by atoms with Crippen molar-refractivity contribution >= 4 is 17.6 Å². The quantitative estimate of drug-likeness (QED) is 0.172. The van der Waals surface area contributed by atoms with Crippen LogP contribution in [0.25, 0.3) is 28.1 Å². The highest BCUT2D eigenvalue weighted by atomic mass is 16.6. The third-order valence-electron chi connectivity index (χ3n) is 5.88. The van der Waals surface area contributed by atoms with Crippen LogP contribution in [0.5, 0.6) is 0 Å². The van der Waals surface area contributed by atoms with E-state index in [9.17, 15) is 19.7 Å². The first kappa shape index (κ1) is 26.2. The van der Waals surface area contributed by atoms with Gasteiger partial charge in [-0.3, -0.25) is 15.1 Å². The predicted octanol–water partition coefficient (Wildman–Crippen LogP) is 5.48. The Hall–Kier alpha value is -4.86. The Balaban J connectivity index is 2.17. The van der Waals surface area contributed by atoms with Gasteiger partial charge in [-0.05, 0) is 45.9 Å². The molecule has 0 amide bonds. The van der Waals surface area contributed by atoms with Crippen molar-refractivity contribution in [3.63, 3.8) is 0 Å². The summed E-state index contributed by atoms with van der Waals surface area (Å²) in [6.45, 7) is 6.83. The number of nitro benzene ring substituents is 1. The van der Waals surface area contributed by atoms with Gasteiger partial charge >= 0.3 is 11.9 Å². The molecule has 2 heterocycles. The molecule has 38 heavy (non-hydrogen) atoms. The minimum absolute atomic E-state index is 0.0629. The van der Waals surface area contributed by atoms with Crippen LogP contribution in [0, 0.1) is 24.0 Å². The maximum absolute atomic E-state index is 13.3. The van der Waals surface area contributed by atoms with Crippen molar-refractivity contribution in [2.45, 2.75) is 27.7 Å². The molecular formula is C28H26N4O6. The van der Waals surface area contributed by atoms with Crippen LogP contribution in [0.3, 0.4) is 0 Å². The summed E-state index contributed by atoms with van der Waals surface area (Å²) in [5, 5.41) is 16.7. The summed E-state index contributed by atoms with van der Waals surface area (Å²) in [5.41, 5.74) is 2.25. The standard InChI is InChI=1S/C28H26N4O6/c1-5-37-27(33)23-17(3)29-18(4)24(28(34)38-6-2)25(23)21-16-31(19-12-8-7-9-13-19)30-26(21)20-14-10-11-15-22(20)32(35)36/h7-16H,5-6H2,1-4H3. The van der Waals surface area contributed by atoms with Crippen LogP contribution in [0.4, 0.5) is 5.69 Å². The van der Waals surface area contributed by atoms with Crippen LogP contribution in [-0.2, 0) is 9.47 Å². The number of hydrogen-bond donors (Lipinski definition) is 0. The van der Waals surface area contributed by atoms with Gasteiger partial charge in [0.15, 0.2) is 0 Å². The second kappa shape index (κ2) is 11.0. The Morgan fingerprint density at radius 3 is 1.97 bits per heavy atom. The van der Waals surface area contributed by atoms with E-state index >= 15 is 0 Å². The average Bonchev–Trinajstić information content (AvgIpc) is 3.34. The van der Waals surface area contributed by atoms with E-state index in [0.29, 0.717) is 22.6 Å². The first-order valence-electron chi connectivity index (χ1n) is 12.0. The molecule has 0 bridgehead atoms. The lowest BCUT2D eigenvalue weighted by molar-refractivity contribution is -0.384. The summed E-state index contributed by atoms with van der Waals surface area (Å²) >= 11 is 0. The predicted molar refractivity (Wildman–Crippen MR) is 140 cm³/mol. The monoisotopic (exact) mass is 514 g/mol. The van der Waals surface area contributed by atoms with E-state index in [0.717, 1.165) is 0 Å². The van der Waals surface area contributed by atoms with Crippen molar-refractivity contribution in [3.8, 4) is 28.1 Å². The Labute approximate surface area is 219 Å². The summed E-state index contributed by atoms with van der Waals surface area (Å²) in [6.07, 6.45) is 1.64. The number of nitrogens with zero attached hydrogens (tertiary/aromatic N) is 4. The normalized spacial score (nSPS) is 10.7. The van der Waals surface area contributed by atoms with Gasteiger partial charge in [0.2, 0.25) is 0 Å². The van der Waals surface area contributed by atoms with E-state index in [-0.39, 0.29) is 46.8 Å². The Kier molecular flexibility index (Phi) is 7.61. The first-order chi connectivity index (χ1) is 18.3. The van der Waals surface area contributed by atoms with E-state index in [1.807, 2.05) is 30.3 Å². The number of hydrogen-bond acceptors (Lipinski definition) is 8. The lowest BCUT2D eigenvalue weighted by atomic mass is 9.91. The molecule has 0 aliphatic carbocycles. The van der Waals surface area contributed by atoms with Crippen LogP contribution < -0.4 is 0 Å². The molecule has 0 atom stereocenters. The van der Waals surface area contributed by atoms with Gasteiger partial charge in [0.05, 0.1) is 51.9 Å². The van der Waals surface area contributed by atoms with Gasteiger partial charge < -0.3 is 9.47 Å². The molecule has 0 aliphatic rings. The smallest absolute Gasteiger partial charge is 0.340 e. The van der Waals surface area contributed by atoms with Crippen molar-refractivity contribution in [1.29, 1.82) is 0 Å². The summed E-state index contributed by atoms with van der Waals surface area (Å²) in [4.78, 5) is 42.4. The highest BCUT2D eigenvalue weighted by Crippen LogP contribution is 2.41. The molecule has 0 radical (unpaired) electrons. The number of aromatic nitrogens is 3. The number of rotatable bonds is 8. The van der Waals surface area contributed by atoms with Crippen LogP contribution in [0.15, 0.2) is 60.8 Å². The summed E-state index contributed by atoms with van der Waals surface area (Å²) in [7, 11) is 0. The highest BCUT2D eigenvalue weighted by molar-refractivity contribution is 6.09. The minimum Gasteiger partial charge on any atom is -0.462 e. The molecule has 0 spiro atoms. The molecule has 194 valence electrons. The number of ether oxygens (including phenoxy) is 2. The molecule has 0 fully saturated rings. The van der Waals surface area contributed by atoms with Gasteiger partial charge in [-0.2, -0.15) is 5.10 Å². The number of carbonyl (C=O) groups excluding carboxylic acids is 2. The molecule has 4 aromatic rings. The molecule has 0 saturated heterocycles. The summed E-state index contributed by atoms with van der Waals surface area (Å²) < 4.78 is 12.2. The molecule has 10 nitrogen and oxygen atoms in total. The SMILES string of the molecule is CCOC(=O)c1c(C)nc(C)c(C(=O)OCC)c1-c1cn(-c2ccccc2)nc1-c1ccccc1[N+](=O)[O-]. The van der Waals surface area contributed by atoms with Crippen molar-refractivity contribution in [2.24, 2.45) is 0 Å². The number of carbonyl (C=O) groups is 2. The van der Waals surface area contributed by atoms with Crippen molar-refractivity contribution in [3.05, 3.63) is 93.4 Å². The number of nitro groups is 1. The van der Waals surface area contributed by atoms with E-state index in [1.165, 1.54) is 6.07 Å². The lowest BCUT2D eigenvalue weighted by Gasteiger charge is -2.17. The summed E-state index contributed by atoms with van der Waals surface area (Å²) in [6, 6.07) is 15.3. The Bertz CT molecular complexity index is 1490. The second-order valence-electron chi connectivity index (χ2n) is 8.29. The van der Waals surface area contributed by atoms with Gasteiger partial charge in [-0.25, -0.2) is 14.3 Å². The maximum atomic E-state index is 13.3. The molecule has 4 rings (SSSR count). The van der Waals surface area contributed by atoms with E-state index < -0.39 is 16.9 Å². The van der Waals surface area contributed by atoms with Crippen LogP contribution in [0.2, 0.25) is 0 Å². The summed E-state index contributed by atoms with van der Waals surface area (Å²) in [5.74, 6) is -1.36. The van der Waals surface area contributed by atoms with E-state index in [2.05, 4.69) is 4.98 Å². The molecule has 0 unspecified atom stereocenters. The van der Waals surface area contributed by atoms with Crippen LogP contribution in [-0.4, -0.2) is 44.8 Å². The minimum atomic E-state index is -0.681. The Morgan fingerprint density at radius 2 is 1.42 bits per heavy atom. The number of para-hydroxylation sites is 2. The fourth-order valence-electron chi connectivity index (χ4n) is 4.33. The number of benzene rings is 2. The van der Waals surface area contributed by atoms with E-state index in [4.69, 9.17) is 14.6 Å². The zero-order valence-electron chi connectivity index (χ0n) is 21.4. The fraction of sp³-hybridized carbons (Fsp3) is 0.214. The molecule has 10 heteroatoms. The van der Waals surface area contributed by atoms with Crippen molar-refractivity contribution in [1.82, 2.24) is 14.8 Å². The maximum Gasteiger partial charge on any atom is 0.340 e. The van der Waals surface area contributed by atoms with Gasteiger partial charge in [0.1, 0.15) is 5.69 Å². The zero-order chi connectivity index (χ0) is 27.4. The van der Waals surface area contributed by atoms with E-state index in [1.54, 1.807) is 56.8 Å². The van der Waals surface area contributed by atoms with Crippen LogP contribution >= 0.6 is 0 Å². The first-order valence-corrected chi connectivity index (χ1v) is 12.0. The number of aryl methyl sites for hydroxylation is 2. The molecule has 2 aromatic heterocycles. The Morgan fingerprint density at radius 1 is 0.868 bits per heavy atom. The van der Waals surface area contributed by atoms with Crippen molar-refractivity contribution in [2.75, 3.05) is 13.2 Å². The van der Waals surface area contributed by atoms with Gasteiger partial charge in [-0.15, -0.1) is 0 Å². The second-order valence-corrected chi connectivity index (χ2v) is 8.29. The zero-order valence-corrected chi connectivity index (χ0v) is 21.4. The van der Waals surface area contributed by atoms with Gasteiger partial charge in [-0.1, -0.05) is 30.3 Å². The molecule has 2 aromatic carbocycles. The number of pyridine rings is 1. The molecular weight excluding hydrogens is 488 g/mol. The topological polar surface area (TPSA) is 126 Å². The fourth-order valence-corrected chi connectivity index (χ4v) is 4.33.